The van der Waals surface area contributed by atoms with Crippen molar-refractivity contribution in [3.8, 4) is 5.75 Å². The van der Waals surface area contributed by atoms with Gasteiger partial charge in [0.25, 0.3) is 0 Å². The standard InChI is InChI=1S/C16H21NO4/c1-11(12-5-3-6-13(10-12)21-2)9-14(18)17-16(15(19)20)7-4-8-16/h3,5-6,10-11H,4,7-9H2,1-2H3,(H,17,18)(H,19,20). The number of methoxy groups -OCH3 is 1. The van der Waals surface area contributed by atoms with E-state index >= 15 is 0 Å². The van der Waals surface area contributed by atoms with Gasteiger partial charge in [0, 0.05) is 6.42 Å². The molecular formula is C16H21NO4. The van der Waals surface area contributed by atoms with Crippen LogP contribution < -0.4 is 10.1 Å². The zero-order chi connectivity index (χ0) is 15.5. The molecule has 21 heavy (non-hydrogen) atoms. The lowest BCUT2D eigenvalue weighted by Crippen LogP contribution is -2.59. The van der Waals surface area contributed by atoms with Gasteiger partial charge in [-0.25, -0.2) is 4.79 Å². The number of carboxylic acid groups (broad SMARTS) is 1. The summed E-state index contributed by atoms with van der Waals surface area (Å²) in [5.74, 6) is -0.393. The Labute approximate surface area is 124 Å². The summed E-state index contributed by atoms with van der Waals surface area (Å²) in [5.41, 5.74) is -0.0342. The number of nitrogens with one attached hydrogen (secondary N) is 1. The Kier molecular flexibility index (Phi) is 4.50. The number of hydrogen-bond acceptors (Lipinski definition) is 3. The third kappa shape index (κ3) is 3.35. The molecule has 0 aliphatic heterocycles. The molecule has 5 heteroatoms. The maximum absolute atomic E-state index is 12.1. The summed E-state index contributed by atoms with van der Waals surface area (Å²) in [7, 11) is 1.60. The average Bonchev–Trinajstić information content (AvgIpc) is 2.42. The number of benzene rings is 1. The monoisotopic (exact) mass is 291 g/mol. The molecule has 1 atom stereocenters. The fourth-order valence-corrected chi connectivity index (χ4v) is 2.58. The first kappa shape index (κ1) is 15.4. The largest absolute Gasteiger partial charge is 0.497 e. The molecule has 0 aromatic heterocycles. The molecule has 0 heterocycles. The van der Waals surface area contributed by atoms with Crippen molar-refractivity contribution in [1.82, 2.24) is 5.32 Å². The molecule has 1 aliphatic carbocycles. The first-order chi connectivity index (χ1) is 9.97. The van der Waals surface area contributed by atoms with E-state index in [1.54, 1.807) is 7.11 Å². The predicted octanol–water partition coefficient (Wildman–Crippen LogP) is 2.31. The molecule has 1 unspecified atom stereocenters. The van der Waals surface area contributed by atoms with Crippen LogP contribution in [0.15, 0.2) is 24.3 Å². The molecule has 0 spiro atoms. The highest BCUT2D eigenvalue weighted by Crippen LogP contribution is 2.32. The molecule has 1 fully saturated rings. The number of carbonyl (C=O) groups excluding carboxylic acids is 1. The zero-order valence-electron chi connectivity index (χ0n) is 12.4. The SMILES string of the molecule is COc1cccc(C(C)CC(=O)NC2(C(=O)O)CCC2)c1. The molecule has 2 rings (SSSR count). The minimum absolute atomic E-state index is 0.00558. The first-order valence-corrected chi connectivity index (χ1v) is 7.15. The summed E-state index contributed by atoms with van der Waals surface area (Å²) in [6, 6.07) is 7.57. The molecule has 0 saturated heterocycles. The van der Waals surface area contributed by atoms with Gasteiger partial charge in [-0.15, -0.1) is 0 Å². The van der Waals surface area contributed by atoms with Gasteiger partial charge in [-0.2, -0.15) is 0 Å². The van der Waals surface area contributed by atoms with Gasteiger partial charge >= 0.3 is 5.97 Å². The highest BCUT2D eigenvalue weighted by atomic mass is 16.5. The average molecular weight is 291 g/mol. The summed E-state index contributed by atoms with van der Waals surface area (Å²) in [6.45, 7) is 1.95. The van der Waals surface area contributed by atoms with Crippen molar-refractivity contribution in [3.05, 3.63) is 29.8 Å². The van der Waals surface area contributed by atoms with E-state index in [0.717, 1.165) is 17.7 Å². The second-order valence-electron chi connectivity index (χ2n) is 5.67. The van der Waals surface area contributed by atoms with Gasteiger partial charge in [-0.1, -0.05) is 19.1 Å². The van der Waals surface area contributed by atoms with Crippen LogP contribution in [0.5, 0.6) is 5.75 Å². The van der Waals surface area contributed by atoms with Gasteiger partial charge in [0.2, 0.25) is 5.91 Å². The molecule has 1 saturated carbocycles. The minimum atomic E-state index is -1.04. The smallest absolute Gasteiger partial charge is 0.329 e. The van der Waals surface area contributed by atoms with E-state index in [4.69, 9.17) is 4.74 Å². The Bertz CT molecular complexity index is 537. The van der Waals surface area contributed by atoms with Gasteiger partial charge in [-0.05, 0) is 42.9 Å². The maximum Gasteiger partial charge on any atom is 0.329 e. The van der Waals surface area contributed by atoms with E-state index in [0.29, 0.717) is 12.8 Å². The third-order valence-electron chi connectivity index (χ3n) is 4.15. The summed E-state index contributed by atoms with van der Waals surface area (Å²) >= 11 is 0. The number of hydrogen-bond donors (Lipinski definition) is 2. The molecule has 0 radical (unpaired) electrons. The molecular weight excluding hydrogens is 270 g/mol. The number of ether oxygens (including phenoxy) is 1. The van der Waals surface area contributed by atoms with E-state index in [1.807, 2.05) is 31.2 Å². The van der Waals surface area contributed by atoms with Gasteiger partial charge in [0.15, 0.2) is 0 Å². The fourth-order valence-electron chi connectivity index (χ4n) is 2.58. The quantitative estimate of drug-likeness (QED) is 0.843. The van der Waals surface area contributed by atoms with Crippen LogP contribution in [0, 0.1) is 0 Å². The van der Waals surface area contributed by atoms with E-state index in [1.165, 1.54) is 0 Å². The van der Waals surface area contributed by atoms with E-state index < -0.39 is 11.5 Å². The highest BCUT2D eigenvalue weighted by molar-refractivity contribution is 5.88. The van der Waals surface area contributed by atoms with Crippen LogP contribution in [0.3, 0.4) is 0 Å². The predicted molar refractivity (Wildman–Crippen MR) is 78.4 cm³/mol. The Balaban J connectivity index is 1.97. The van der Waals surface area contributed by atoms with Gasteiger partial charge in [0.1, 0.15) is 11.3 Å². The molecule has 1 aromatic carbocycles. The number of carboxylic acids is 1. The van der Waals surface area contributed by atoms with E-state index in [2.05, 4.69) is 5.32 Å². The Morgan fingerprint density at radius 3 is 2.67 bits per heavy atom. The van der Waals surface area contributed by atoms with Crippen LogP contribution in [-0.4, -0.2) is 29.6 Å². The normalized spacial score (nSPS) is 17.4. The van der Waals surface area contributed by atoms with Crippen LogP contribution in [0.1, 0.15) is 44.1 Å². The molecule has 1 amide bonds. The van der Waals surface area contributed by atoms with Crippen LogP contribution in [0.4, 0.5) is 0 Å². The Morgan fingerprint density at radius 1 is 1.43 bits per heavy atom. The van der Waals surface area contributed by atoms with Crippen molar-refractivity contribution in [1.29, 1.82) is 0 Å². The molecule has 2 N–H and O–H groups in total. The van der Waals surface area contributed by atoms with Crippen molar-refractivity contribution < 1.29 is 19.4 Å². The molecule has 1 aliphatic rings. The lowest BCUT2D eigenvalue weighted by atomic mass is 9.76. The number of carbonyl (C=O) groups is 2. The van der Waals surface area contributed by atoms with Gasteiger partial charge in [0.05, 0.1) is 7.11 Å². The first-order valence-electron chi connectivity index (χ1n) is 7.15. The van der Waals surface area contributed by atoms with Gasteiger partial charge in [-0.3, -0.25) is 4.79 Å². The number of amides is 1. The topological polar surface area (TPSA) is 75.6 Å². The minimum Gasteiger partial charge on any atom is -0.497 e. The number of rotatable bonds is 6. The van der Waals surface area contributed by atoms with Crippen LogP contribution in [0.2, 0.25) is 0 Å². The van der Waals surface area contributed by atoms with Crippen LogP contribution >= 0.6 is 0 Å². The Hall–Kier alpha value is -2.04. The maximum atomic E-state index is 12.1. The zero-order valence-corrected chi connectivity index (χ0v) is 12.4. The summed E-state index contributed by atoms with van der Waals surface area (Å²) in [4.78, 5) is 23.3. The third-order valence-corrected chi connectivity index (χ3v) is 4.15. The second kappa shape index (κ2) is 6.16. The molecule has 5 nitrogen and oxygen atoms in total. The van der Waals surface area contributed by atoms with Gasteiger partial charge < -0.3 is 15.2 Å². The lowest BCUT2D eigenvalue weighted by molar-refractivity contribution is -0.151. The summed E-state index contributed by atoms with van der Waals surface area (Å²) in [6.07, 6.45) is 2.14. The van der Waals surface area contributed by atoms with Crippen LogP contribution in [0.25, 0.3) is 0 Å². The second-order valence-corrected chi connectivity index (χ2v) is 5.67. The van der Waals surface area contributed by atoms with Crippen molar-refractivity contribution in [2.24, 2.45) is 0 Å². The summed E-state index contributed by atoms with van der Waals surface area (Å²) in [5, 5.41) is 11.9. The highest BCUT2D eigenvalue weighted by Gasteiger charge is 2.45. The van der Waals surface area contributed by atoms with E-state index in [9.17, 15) is 14.7 Å². The fraction of sp³-hybridized carbons (Fsp3) is 0.500. The Morgan fingerprint density at radius 2 is 2.14 bits per heavy atom. The molecule has 114 valence electrons. The number of aliphatic carboxylic acids is 1. The van der Waals surface area contributed by atoms with Crippen molar-refractivity contribution in [2.45, 2.75) is 44.1 Å². The van der Waals surface area contributed by atoms with Crippen LogP contribution in [-0.2, 0) is 9.59 Å². The van der Waals surface area contributed by atoms with Crippen molar-refractivity contribution in [3.63, 3.8) is 0 Å². The van der Waals surface area contributed by atoms with E-state index in [-0.39, 0.29) is 18.2 Å². The van der Waals surface area contributed by atoms with Crippen molar-refractivity contribution in [2.75, 3.05) is 7.11 Å². The lowest BCUT2D eigenvalue weighted by Gasteiger charge is -2.38. The molecule has 1 aromatic rings. The van der Waals surface area contributed by atoms with Crippen molar-refractivity contribution >= 4 is 11.9 Å². The molecule has 0 bridgehead atoms. The summed E-state index contributed by atoms with van der Waals surface area (Å²) < 4.78 is 5.17.